The summed E-state index contributed by atoms with van der Waals surface area (Å²) in [7, 11) is 0. The first-order chi connectivity index (χ1) is 6.29. The van der Waals surface area contributed by atoms with Crippen molar-refractivity contribution in [1.29, 1.82) is 0 Å². The van der Waals surface area contributed by atoms with Crippen LogP contribution in [0, 0.1) is 0 Å². The van der Waals surface area contributed by atoms with Gasteiger partial charge >= 0.3 is 6.09 Å². The lowest BCUT2D eigenvalue weighted by Gasteiger charge is -2.17. The van der Waals surface area contributed by atoms with E-state index in [1.165, 1.54) is 5.56 Å². The van der Waals surface area contributed by atoms with Gasteiger partial charge in [-0.15, -0.1) is 0 Å². The molecule has 0 bridgehead atoms. The number of benzene rings is 1. The third kappa shape index (κ3) is 1.49. The van der Waals surface area contributed by atoms with E-state index in [0.29, 0.717) is 6.61 Å². The van der Waals surface area contributed by atoms with Crippen molar-refractivity contribution in [2.45, 2.75) is 20.0 Å². The van der Waals surface area contributed by atoms with E-state index in [9.17, 15) is 4.79 Å². The van der Waals surface area contributed by atoms with Crippen molar-refractivity contribution >= 4 is 11.8 Å². The number of carbonyl (C=O) groups is 1. The second-order valence-corrected chi connectivity index (χ2v) is 3.05. The fourth-order valence-corrected chi connectivity index (χ4v) is 1.40. The average molecular weight is 177 g/mol. The molecule has 0 spiro atoms. The molecule has 2 rings (SSSR count). The van der Waals surface area contributed by atoms with Crippen LogP contribution in [0.4, 0.5) is 10.5 Å². The largest absolute Gasteiger partial charge is 0.444 e. The Hall–Kier alpha value is -1.51. The Morgan fingerprint density at radius 2 is 2.38 bits per heavy atom. The fourth-order valence-electron chi connectivity index (χ4n) is 1.40. The highest BCUT2D eigenvalue weighted by Gasteiger charge is 2.14. The van der Waals surface area contributed by atoms with Gasteiger partial charge in [0.1, 0.15) is 6.61 Å². The molecule has 3 heteroatoms. The molecule has 13 heavy (non-hydrogen) atoms. The fraction of sp³-hybridized carbons (Fsp3) is 0.300. The first kappa shape index (κ1) is 8.10. The summed E-state index contributed by atoms with van der Waals surface area (Å²) < 4.78 is 4.85. The Morgan fingerprint density at radius 3 is 3.15 bits per heavy atom. The number of ether oxygens (including phenoxy) is 1. The lowest BCUT2D eigenvalue weighted by atomic mass is 10.1. The Morgan fingerprint density at radius 1 is 1.54 bits per heavy atom. The van der Waals surface area contributed by atoms with E-state index < -0.39 is 0 Å². The van der Waals surface area contributed by atoms with Crippen molar-refractivity contribution in [3.8, 4) is 0 Å². The van der Waals surface area contributed by atoms with E-state index in [4.69, 9.17) is 4.74 Å². The molecule has 0 aliphatic carbocycles. The van der Waals surface area contributed by atoms with Gasteiger partial charge in [0.05, 0.1) is 5.69 Å². The summed E-state index contributed by atoms with van der Waals surface area (Å²) in [4.78, 5) is 10.8. The second kappa shape index (κ2) is 3.09. The van der Waals surface area contributed by atoms with E-state index in [-0.39, 0.29) is 6.09 Å². The van der Waals surface area contributed by atoms with Crippen LogP contribution in [0.25, 0.3) is 0 Å². The topological polar surface area (TPSA) is 38.3 Å². The van der Waals surface area contributed by atoms with Gasteiger partial charge in [-0.3, -0.25) is 5.32 Å². The van der Waals surface area contributed by atoms with Gasteiger partial charge in [0.2, 0.25) is 0 Å². The average Bonchev–Trinajstić information content (AvgIpc) is 2.17. The predicted molar refractivity (Wildman–Crippen MR) is 49.6 cm³/mol. The van der Waals surface area contributed by atoms with Crippen LogP contribution in [0.2, 0.25) is 0 Å². The Kier molecular flexibility index (Phi) is 1.93. The van der Waals surface area contributed by atoms with Crippen molar-refractivity contribution < 1.29 is 9.53 Å². The van der Waals surface area contributed by atoms with Gasteiger partial charge in [0.15, 0.2) is 0 Å². The van der Waals surface area contributed by atoms with Gasteiger partial charge in [0, 0.05) is 5.56 Å². The zero-order valence-corrected chi connectivity index (χ0v) is 7.46. The van der Waals surface area contributed by atoms with E-state index in [0.717, 1.165) is 17.7 Å². The summed E-state index contributed by atoms with van der Waals surface area (Å²) in [6, 6.07) is 6.01. The van der Waals surface area contributed by atoms with E-state index in [1.807, 2.05) is 12.1 Å². The zero-order valence-electron chi connectivity index (χ0n) is 7.46. The van der Waals surface area contributed by atoms with E-state index >= 15 is 0 Å². The molecule has 3 nitrogen and oxygen atoms in total. The van der Waals surface area contributed by atoms with Crippen LogP contribution in [0.15, 0.2) is 18.2 Å². The minimum atomic E-state index is -0.364. The van der Waals surface area contributed by atoms with Crippen molar-refractivity contribution in [2.24, 2.45) is 0 Å². The molecule has 1 aliphatic rings. The molecule has 0 atom stereocenters. The summed E-state index contributed by atoms with van der Waals surface area (Å²) in [5.74, 6) is 0. The maximum atomic E-state index is 10.8. The number of carbonyl (C=O) groups excluding carboxylic acids is 1. The van der Waals surface area contributed by atoms with Crippen molar-refractivity contribution in [3.05, 3.63) is 29.3 Å². The molecule has 1 heterocycles. The van der Waals surface area contributed by atoms with Crippen LogP contribution < -0.4 is 5.32 Å². The Balaban J connectivity index is 2.36. The first-order valence-corrected chi connectivity index (χ1v) is 4.35. The van der Waals surface area contributed by atoms with Gasteiger partial charge < -0.3 is 4.74 Å². The standard InChI is InChI=1S/C10H11NO2/c1-2-7-3-4-9-8(5-7)6-13-10(12)11-9/h3-5H,2,6H2,1H3,(H,11,12). The van der Waals surface area contributed by atoms with Gasteiger partial charge in [-0.1, -0.05) is 19.1 Å². The van der Waals surface area contributed by atoms with Crippen LogP contribution in [-0.4, -0.2) is 6.09 Å². The highest BCUT2D eigenvalue weighted by Crippen LogP contribution is 2.22. The monoisotopic (exact) mass is 177 g/mol. The number of rotatable bonds is 1. The number of cyclic esters (lactones) is 1. The molecular weight excluding hydrogens is 166 g/mol. The molecule has 68 valence electrons. The maximum Gasteiger partial charge on any atom is 0.411 e. The van der Waals surface area contributed by atoms with Gasteiger partial charge in [-0.2, -0.15) is 0 Å². The lowest BCUT2D eigenvalue weighted by Crippen LogP contribution is -2.20. The second-order valence-electron chi connectivity index (χ2n) is 3.05. The smallest absolute Gasteiger partial charge is 0.411 e. The molecule has 0 fully saturated rings. The third-order valence-corrected chi connectivity index (χ3v) is 2.17. The molecule has 0 radical (unpaired) electrons. The highest BCUT2D eigenvalue weighted by atomic mass is 16.5. The normalized spacial score (nSPS) is 14.4. The first-order valence-electron chi connectivity index (χ1n) is 4.35. The number of hydrogen-bond acceptors (Lipinski definition) is 2. The van der Waals surface area contributed by atoms with Crippen molar-refractivity contribution in [2.75, 3.05) is 5.32 Å². The summed E-state index contributed by atoms with van der Waals surface area (Å²) in [6.07, 6.45) is 0.637. The molecule has 1 aliphatic heterocycles. The molecule has 1 aromatic carbocycles. The zero-order chi connectivity index (χ0) is 9.26. The van der Waals surface area contributed by atoms with Gasteiger partial charge in [-0.05, 0) is 18.1 Å². The molecule has 0 aromatic heterocycles. The molecule has 0 unspecified atom stereocenters. The van der Waals surface area contributed by atoms with Crippen molar-refractivity contribution in [3.63, 3.8) is 0 Å². The molecule has 0 saturated heterocycles. The molecule has 1 amide bonds. The summed E-state index contributed by atoms with van der Waals surface area (Å²) in [6.45, 7) is 2.49. The van der Waals surface area contributed by atoms with Crippen LogP contribution in [0.3, 0.4) is 0 Å². The molecule has 1 aromatic rings. The summed E-state index contributed by atoms with van der Waals surface area (Å²) in [5.41, 5.74) is 3.19. The molecule has 1 N–H and O–H groups in total. The van der Waals surface area contributed by atoms with Crippen LogP contribution >= 0.6 is 0 Å². The number of hydrogen-bond donors (Lipinski definition) is 1. The number of nitrogens with one attached hydrogen (secondary N) is 1. The van der Waals surface area contributed by atoms with E-state index in [1.54, 1.807) is 0 Å². The summed E-state index contributed by atoms with van der Waals surface area (Å²) in [5, 5.41) is 2.65. The summed E-state index contributed by atoms with van der Waals surface area (Å²) >= 11 is 0. The quantitative estimate of drug-likeness (QED) is 0.714. The molecule has 0 saturated carbocycles. The number of aryl methyl sites for hydroxylation is 1. The Labute approximate surface area is 76.7 Å². The number of anilines is 1. The van der Waals surface area contributed by atoms with Gasteiger partial charge in [0.25, 0.3) is 0 Å². The van der Waals surface area contributed by atoms with Crippen LogP contribution in [-0.2, 0) is 17.8 Å². The molecular formula is C10H11NO2. The highest BCUT2D eigenvalue weighted by molar-refractivity contribution is 5.87. The van der Waals surface area contributed by atoms with Gasteiger partial charge in [-0.25, -0.2) is 4.79 Å². The van der Waals surface area contributed by atoms with Crippen LogP contribution in [0.1, 0.15) is 18.1 Å². The third-order valence-electron chi connectivity index (χ3n) is 2.17. The number of fused-ring (bicyclic) bond motifs is 1. The maximum absolute atomic E-state index is 10.8. The Bertz CT molecular complexity index is 347. The van der Waals surface area contributed by atoms with Crippen LogP contribution in [0.5, 0.6) is 0 Å². The lowest BCUT2D eigenvalue weighted by molar-refractivity contribution is 0.151. The minimum absolute atomic E-state index is 0.364. The SMILES string of the molecule is CCc1ccc2c(c1)COC(=O)N2. The minimum Gasteiger partial charge on any atom is -0.444 e. The number of amides is 1. The van der Waals surface area contributed by atoms with Crippen molar-refractivity contribution in [1.82, 2.24) is 0 Å². The predicted octanol–water partition coefficient (Wildman–Crippen LogP) is 2.31. The van der Waals surface area contributed by atoms with E-state index in [2.05, 4.69) is 18.3 Å².